The second kappa shape index (κ2) is 10.7. The van der Waals surface area contributed by atoms with Crippen LogP contribution >= 0.6 is 0 Å². The van der Waals surface area contributed by atoms with Gasteiger partial charge in [0.2, 0.25) is 0 Å². The van der Waals surface area contributed by atoms with E-state index in [-0.39, 0.29) is 0 Å². The first-order chi connectivity index (χ1) is 10.8. The van der Waals surface area contributed by atoms with E-state index in [0.29, 0.717) is 0 Å². The molecule has 0 heteroatoms. The van der Waals surface area contributed by atoms with Gasteiger partial charge >= 0.3 is 0 Å². The van der Waals surface area contributed by atoms with Crippen molar-refractivity contribution in [1.29, 1.82) is 0 Å². The highest BCUT2D eigenvalue weighted by atomic mass is 14.3. The molecule has 130 valence electrons. The molecule has 2 atom stereocenters. The predicted molar refractivity (Wildman–Crippen MR) is 99.2 cm³/mol. The lowest BCUT2D eigenvalue weighted by Crippen LogP contribution is -2.21. The summed E-state index contributed by atoms with van der Waals surface area (Å²) in [5.41, 5.74) is 0. The van der Waals surface area contributed by atoms with Gasteiger partial charge in [-0.15, -0.1) is 0 Å². The highest BCUT2D eigenvalue weighted by Gasteiger charge is 2.26. The van der Waals surface area contributed by atoms with Crippen molar-refractivity contribution in [3.05, 3.63) is 0 Å². The summed E-state index contributed by atoms with van der Waals surface area (Å²) in [5.74, 6) is 4.36. The van der Waals surface area contributed by atoms with Gasteiger partial charge < -0.3 is 0 Å². The van der Waals surface area contributed by atoms with Crippen molar-refractivity contribution in [3.63, 3.8) is 0 Å². The monoisotopic (exact) mass is 306 g/mol. The maximum atomic E-state index is 2.38. The van der Waals surface area contributed by atoms with Crippen molar-refractivity contribution < 1.29 is 0 Å². The molecule has 2 unspecified atom stereocenters. The van der Waals surface area contributed by atoms with Crippen LogP contribution < -0.4 is 0 Å². The second-order valence-electron chi connectivity index (χ2n) is 8.55. The van der Waals surface area contributed by atoms with Crippen molar-refractivity contribution in [1.82, 2.24) is 0 Å². The van der Waals surface area contributed by atoms with E-state index in [1.165, 1.54) is 51.4 Å². The van der Waals surface area contributed by atoms with Crippen molar-refractivity contribution in [2.24, 2.45) is 23.7 Å². The average Bonchev–Trinajstić information content (AvgIpc) is 2.56. The number of hydrogen-bond acceptors (Lipinski definition) is 0. The summed E-state index contributed by atoms with van der Waals surface area (Å²) >= 11 is 0. The minimum Gasteiger partial charge on any atom is -0.0654 e. The smallest absolute Gasteiger partial charge is 0.0386 e. The van der Waals surface area contributed by atoms with E-state index in [2.05, 4.69) is 13.8 Å². The minimum atomic E-state index is 1.09. The minimum absolute atomic E-state index is 1.09. The highest BCUT2D eigenvalue weighted by Crippen LogP contribution is 2.39. The Morgan fingerprint density at radius 2 is 1.14 bits per heavy atom. The van der Waals surface area contributed by atoms with Gasteiger partial charge in [0.1, 0.15) is 0 Å². The molecule has 0 N–H and O–H groups in total. The SMILES string of the molecule is CCCCCC1CCC(CCC2CCCCC2CCC)CC1. The Hall–Kier alpha value is 0. The van der Waals surface area contributed by atoms with E-state index in [9.17, 15) is 0 Å². The van der Waals surface area contributed by atoms with Crippen LogP contribution in [-0.2, 0) is 0 Å². The number of rotatable bonds is 9. The molecule has 0 aliphatic heterocycles. The molecule has 0 saturated heterocycles. The molecular weight excluding hydrogens is 264 g/mol. The van der Waals surface area contributed by atoms with E-state index >= 15 is 0 Å². The lowest BCUT2D eigenvalue weighted by atomic mass is 9.72. The van der Waals surface area contributed by atoms with Gasteiger partial charge in [-0.2, -0.15) is 0 Å². The highest BCUT2D eigenvalue weighted by molar-refractivity contribution is 4.78. The Labute approximate surface area is 140 Å². The lowest BCUT2D eigenvalue weighted by molar-refractivity contribution is 0.179. The first-order valence-corrected chi connectivity index (χ1v) is 10.8. The quantitative estimate of drug-likeness (QED) is 0.382. The molecule has 0 radical (unpaired) electrons. The molecule has 0 bridgehead atoms. The van der Waals surface area contributed by atoms with Crippen LogP contribution in [-0.4, -0.2) is 0 Å². The largest absolute Gasteiger partial charge is 0.0654 e. The summed E-state index contributed by atoms with van der Waals surface area (Å²) in [7, 11) is 0. The van der Waals surface area contributed by atoms with Gasteiger partial charge in [0.15, 0.2) is 0 Å². The molecular formula is C22H42. The molecule has 22 heavy (non-hydrogen) atoms. The van der Waals surface area contributed by atoms with E-state index in [4.69, 9.17) is 0 Å². The van der Waals surface area contributed by atoms with Gasteiger partial charge in [-0.3, -0.25) is 0 Å². The fraction of sp³-hybridized carbons (Fsp3) is 1.00. The van der Waals surface area contributed by atoms with Gasteiger partial charge in [0, 0.05) is 0 Å². The molecule has 2 aliphatic rings. The summed E-state index contributed by atoms with van der Waals surface area (Å²) in [6.07, 6.45) is 24.3. The molecule has 2 saturated carbocycles. The van der Waals surface area contributed by atoms with Crippen LogP contribution in [0.25, 0.3) is 0 Å². The summed E-state index contributed by atoms with van der Waals surface area (Å²) in [5, 5.41) is 0. The Morgan fingerprint density at radius 1 is 0.545 bits per heavy atom. The molecule has 2 fully saturated rings. The molecule has 0 amide bonds. The zero-order chi connectivity index (χ0) is 15.6. The van der Waals surface area contributed by atoms with Gasteiger partial charge in [0.05, 0.1) is 0 Å². The van der Waals surface area contributed by atoms with Crippen LogP contribution in [0.2, 0.25) is 0 Å². The van der Waals surface area contributed by atoms with Crippen molar-refractivity contribution in [3.8, 4) is 0 Å². The summed E-state index contributed by atoms with van der Waals surface area (Å²) in [4.78, 5) is 0. The zero-order valence-corrected chi connectivity index (χ0v) is 15.6. The van der Waals surface area contributed by atoms with Gasteiger partial charge in [-0.05, 0) is 30.1 Å². The fourth-order valence-corrected chi connectivity index (χ4v) is 5.36. The van der Waals surface area contributed by atoms with E-state index < -0.39 is 0 Å². The van der Waals surface area contributed by atoms with E-state index in [0.717, 1.165) is 23.7 Å². The summed E-state index contributed by atoms with van der Waals surface area (Å²) in [6, 6.07) is 0. The van der Waals surface area contributed by atoms with Crippen LogP contribution in [0.4, 0.5) is 0 Å². The average molecular weight is 307 g/mol. The molecule has 0 aromatic rings. The van der Waals surface area contributed by atoms with Crippen LogP contribution in [0.15, 0.2) is 0 Å². The number of unbranched alkanes of at least 4 members (excludes halogenated alkanes) is 2. The molecule has 0 aromatic carbocycles. The molecule has 0 spiro atoms. The Bertz CT molecular complexity index is 259. The van der Waals surface area contributed by atoms with Crippen LogP contribution in [0.5, 0.6) is 0 Å². The third-order valence-electron chi connectivity index (χ3n) is 6.85. The lowest BCUT2D eigenvalue weighted by Gasteiger charge is -2.34. The first-order valence-electron chi connectivity index (χ1n) is 10.8. The van der Waals surface area contributed by atoms with E-state index in [1.807, 2.05) is 0 Å². The summed E-state index contributed by atoms with van der Waals surface area (Å²) < 4.78 is 0. The third-order valence-corrected chi connectivity index (χ3v) is 6.85. The second-order valence-corrected chi connectivity index (χ2v) is 8.55. The van der Waals surface area contributed by atoms with Crippen LogP contribution in [0, 0.1) is 23.7 Å². The van der Waals surface area contributed by atoms with Gasteiger partial charge in [0.25, 0.3) is 0 Å². The van der Waals surface area contributed by atoms with Gasteiger partial charge in [-0.1, -0.05) is 110 Å². The van der Waals surface area contributed by atoms with Crippen LogP contribution in [0.1, 0.15) is 117 Å². The normalized spacial score (nSPS) is 33.0. The standard InChI is InChI=1S/C22H42/c1-3-5-6-10-19-13-15-20(16-14-19)17-18-22-12-8-7-11-21(22)9-4-2/h19-22H,3-18H2,1-2H3. The molecule has 0 aromatic heterocycles. The molecule has 0 heterocycles. The predicted octanol–water partition coefficient (Wildman–Crippen LogP) is 7.76. The first kappa shape index (κ1) is 18.3. The van der Waals surface area contributed by atoms with Crippen molar-refractivity contribution >= 4 is 0 Å². The number of hydrogen-bond donors (Lipinski definition) is 0. The molecule has 2 rings (SSSR count). The van der Waals surface area contributed by atoms with E-state index in [1.54, 1.807) is 51.4 Å². The Kier molecular flexibility index (Phi) is 8.93. The maximum absolute atomic E-state index is 2.38. The zero-order valence-electron chi connectivity index (χ0n) is 15.6. The maximum Gasteiger partial charge on any atom is -0.0386 e. The molecule has 0 nitrogen and oxygen atoms in total. The molecule has 2 aliphatic carbocycles. The van der Waals surface area contributed by atoms with Crippen molar-refractivity contribution in [2.45, 2.75) is 117 Å². The fourth-order valence-electron chi connectivity index (χ4n) is 5.36. The topological polar surface area (TPSA) is 0 Å². The van der Waals surface area contributed by atoms with Gasteiger partial charge in [-0.25, -0.2) is 0 Å². The van der Waals surface area contributed by atoms with Crippen molar-refractivity contribution in [2.75, 3.05) is 0 Å². The Balaban J connectivity index is 1.61. The summed E-state index contributed by atoms with van der Waals surface area (Å²) in [6.45, 7) is 4.71. The Morgan fingerprint density at radius 3 is 1.73 bits per heavy atom. The third kappa shape index (κ3) is 6.25. The van der Waals surface area contributed by atoms with Crippen LogP contribution in [0.3, 0.4) is 0 Å².